The number of methoxy groups -OCH3 is 1. The third kappa shape index (κ3) is 5.59. The smallest absolute Gasteiger partial charge is 0.337 e. The highest BCUT2D eigenvalue weighted by atomic mass is 35.5. The fourth-order valence-electron chi connectivity index (χ4n) is 2.21. The summed E-state index contributed by atoms with van der Waals surface area (Å²) in [6.45, 7) is -0.487. The van der Waals surface area contributed by atoms with Crippen molar-refractivity contribution in [2.75, 3.05) is 29.5 Å². The van der Waals surface area contributed by atoms with E-state index in [9.17, 15) is 18.0 Å². The van der Waals surface area contributed by atoms with Crippen molar-refractivity contribution >= 4 is 56.5 Å². The first-order valence-corrected chi connectivity index (χ1v) is 10.1. The lowest BCUT2D eigenvalue weighted by Crippen LogP contribution is -2.37. The fourth-order valence-corrected chi connectivity index (χ4v) is 3.35. The van der Waals surface area contributed by atoms with Gasteiger partial charge in [0.2, 0.25) is 15.9 Å². The van der Waals surface area contributed by atoms with Gasteiger partial charge in [-0.2, -0.15) is 0 Å². The normalized spacial score (nSPS) is 11.0. The van der Waals surface area contributed by atoms with Crippen molar-refractivity contribution in [1.29, 1.82) is 0 Å². The Labute approximate surface area is 166 Å². The molecule has 2 aromatic rings. The minimum atomic E-state index is -3.76. The zero-order chi connectivity index (χ0) is 20.2. The van der Waals surface area contributed by atoms with E-state index in [-0.39, 0.29) is 21.3 Å². The SMILES string of the molecule is COC(=O)c1cccc(NC(=O)CN(c2ccc(Cl)c(Cl)c2)S(C)(=O)=O)c1. The lowest BCUT2D eigenvalue weighted by atomic mass is 10.2. The maximum absolute atomic E-state index is 12.4. The van der Waals surface area contributed by atoms with Gasteiger partial charge in [0, 0.05) is 5.69 Å². The second kappa shape index (κ2) is 8.60. The zero-order valence-corrected chi connectivity index (χ0v) is 16.7. The van der Waals surface area contributed by atoms with Crippen LogP contribution in [0.5, 0.6) is 0 Å². The Morgan fingerprint density at radius 2 is 1.81 bits per heavy atom. The maximum atomic E-state index is 12.4. The van der Waals surface area contributed by atoms with Crippen LogP contribution in [0.3, 0.4) is 0 Å². The zero-order valence-electron chi connectivity index (χ0n) is 14.4. The van der Waals surface area contributed by atoms with Gasteiger partial charge in [-0.1, -0.05) is 29.3 Å². The predicted octanol–water partition coefficient (Wildman–Crippen LogP) is 3.18. The van der Waals surface area contributed by atoms with Crippen molar-refractivity contribution in [3.8, 4) is 0 Å². The molecule has 0 saturated carbocycles. The van der Waals surface area contributed by atoms with Gasteiger partial charge in [-0.05, 0) is 36.4 Å². The van der Waals surface area contributed by atoms with E-state index < -0.39 is 28.4 Å². The number of esters is 1. The molecule has 0 saturated heterocycles. The molecule has 0 bridgehead atoms. The first-order valence-electron chi connectivity index (χ1n) is 7.53. The van der Waals surface area contributed by atoms with Crippen molar-refractivity contribution in [2.24, 2.45) is 0 Å². The molecule has 0 fully saturated rings. The Kier molecular flexibility index (Phi) is 6.69. The van der Waals surface area contributed by atoms with Gasteiger partial charge >= 0.3 is 5.97 Å². The van der Waals surface area contributed by atoms with E-state index in [1.807, 2.05) is 0 Å². The number of nitrogens with one attached hydrogen (secondary N) is 1. The number of sulfonamides is 1. The monoisotopic (exact) mass is 430 g/mol. The van der Waals surface area contributed by atoms with E-state index in [4.69, 9.17) is 23.2 Å². The summed E-state index contributed by atoms with van der Waals surface area (Å²) < 4.78 is 29.7. The molecule has 2 rings (SSSR count). The van der Waals surface area contributed by atoms with E-state index in [2.05, 4.69) is 10.1 Å². The van der Waals surface area contributed by atoms with Crippen LogP contribution < -0.4 is 9.62 Å². The van der Waals surface area contributed by atoms with Crippen LogP contribution in [0.4, 0.5) is 11.4 Å². The van der Waals surface area contributed by atoms with Gasteiger partial charge < -0.3 is 10.1 Å². The number of rotatable bonds is 6. The minimum Gasteiger partial charge on any atom is -0.465 e. The van der Waals surface area contributed by atoms with Gasteiger partial charge in [0.25, 0.3) is 0 Å². The van der Waals surface area contributed by atoms with Crippen molar-refractivity contribution in [1.82, 2.24) is 0 Å². The Balaban J connectivity index is 2.22. The number of nitrogens with zero attached hydrogens (tertiary/aromatic N) is 1. The Morgan fingerprint density at radius 3 is 2.41 bits per heavy atom. The number of hydrogen-bond donors (Lipinski definition) is 1. The maximum Gasteiger partial charge on any atom is 0.337 e. The third-order valence-corrected chi connectivity index (χ3v) is 5.33. The quantitative estimate of drug-likeness (QED) is 0.710. The molecule has 0 unspecified atom stereocenters. The number of amides is 1. The van der Waals surface area contributed by atoms with Gasteiger partial charge in [-0.3, -0.25) is 9.10 Å². The number of ether oxygens (including phenoxy) is 1. The molecule has 0 spiro atoms. The molecule has 10 heteroatoms. The average Bonchev–Trinajstić information content (AvgIpc) is 2.60. The van der Waals surface area contributed by atoms with Crippen LogP contribution in [0.25, 0.3) is 0 Å². The van der Waals surface area contributed by atoms with Crippen molar-refractivity contribution < 1.29 is 22.7 Å². The van der Waals surface area contributed by atoms with Gasteiger partial charge in [0.05, 0.1) is 34.7 Å². The molecule has 0 atom stereocenters. The lowest BCUT2D eigenvalue weighted by Gasteiger charge is -2.22. The third-order valence-electron chi connectivity index (χ3n) is 3.45. The second-order valence-corrected chi connectivity index (χ2v) is 8.21. The standard InChI is InChI=1S/C17H16Cl2N2O5S/c1-26-17(23)11-4-3-5-12(8-11)20-16(22)10-21(27(2,24)25)13-6-7-14(18)15(19)9-13/h3-9H,10H2,1-2H3,(H,20,22). The van der Waals surface area contributed by atoms with E-state index in [1.54, 1.807) is 12.1 Å². The minimum absolute atomic E-state index is 0.161. The highest BCUT2D eigenvalue weighted by molar-refractivity contribution is 7.92. The molecule has 0 radical (unpaired) electrons. The molecule has 2 aromatic carbocycles. The van der Waals surface area contributed by atoms with Crippen LogP contribution >= 0.6 is 23.2 Å². The molecule has 7 nitrogen and oxygen atoms in total. The molecule has 0 heterocycles. The summed E-state index contributed by atoms with van der Waals surface area (Å²) in [5.74, 6) is -1.16. The first kappa shape index (κ1) is 21.0. The highest BCUT2D eigenvalue weighted by Gasteiger charge is 2.22. The van der Waals surface area contributed by atoms with Crippen molar-refractivity contribution in [2.45, 2.75) is 0 Å². The number of carbonyl (C=O) groups excluding carboxylic acids is 2. The second-order valence-electron chi connectivity index (χ2n) is 5.49. The summed E-state index contributed by atoms with van der Waals surface area (Å²) in [6.07, 6.45) is 0.973. The molecule has 0 aliphatic rings. The molecule has 1 amide bonds. The van der Waals surface area contributed by atoms with E-state index >= 15 is 0 Å². The van der Waals surface area contributed by atoms with Crippen LogP contribution in [-0.2, 0) is 19.6 Å². The Bertz CT molecular complexity index is 979. The van der Waals surface area contributed by atoms with Crippen LogP contribution in [0.15, 0.2) is 42.5 Å². The van der Waals surface area contributed by atoms with Crippen LogP contribution in [0.2, 0.25) is 10.0 Å². The van der Waals surface area contributed by atoms with E-state index in [0.29, 0.717) is 5.69 Å². The summed E-state index contributed by atoms with van der Waals surface area (Å²) in [6, 6.07) is 10.3. The number of anilines is 2. The molecule has 0 aliphatic carbocycles. The molecular weight excluding hydrogens is 415 g/mol. The summed E-state index contributed by atoms with van der Waals surface area (Å²) in [5.41, 5.74) is 0.774. The van der Waals surface area contributed by atoms with E-state index in [1.165, 1.54) is 37.4 Å². The van der Waals surface area contributed by atoms with Crippen molar-refractivity contribution in [3.05, 3.63) is 58.1 Å². The molecule has 0 aliphatic heterocycles. The summed E-state index contributed by atoms with van der Waals surface area (Å²) >= 11 is 11.8. The molecule has 1 N–H and O–H groups in total. The largest absolute Gasteiger partial charge is 0.465 e. The van der Waals surface area contributed by atoms with Gasteiger partial charge in [-0.15, -0.1) is 0 Å². The Hall–Kier alpha value is -2.29. The summed E-state index contributed by atoms with van der Waals surface area (Å²) in [4.78, 5) is 23.9. The number of carbonyl (C=O) groups is 2. The molecule has 144 valence electrons. The molecule has 27 heavy (non-hydrogen) atoms. The number of benzene rings is 2. The van der Waals surface area contributed by atoms with Crippen molar-refractivity contribution in [3.63, 3.8) is 0 Å². The first-order chi connectivity index (χ1) is 12.6. The van der Waals surface area contributed by atoms with Gasteiger partial charge in [-0.25, -0.2) is 13.2 Å². The molecule has 0 aromatic heterocycles. The lowest BCUT2D eigenvalue weighted by molar-refractivity contribution is -0.114. The van der Waals surface area contributed by atoms with Crippen LogP contribution in [-0.4, -0.2) is 40.2 Å². The topological polar surface area (TPSA) is 92.8 Å². The summed E-state index contributed by atoms with van der Waals surface area (Å²) in [5, 5.41) is 2.97. The summed E-state index contributed by atoms with van der Waals surface area (Å²) in [7, 11) is -2.52. The fraction of sp³-hybridized carbons (Fsp3) is 0.176. The average molecular weight is 431 g/mol. The Morgan fingerprint density at radius 1 is 1.11 bits per heavy atom. The molecular formula is C17H16Cl2N2O5S. The highest BCUT2D eigenvalue weighted by Crippen LogP contribution is 2.28. The predicted molar refractivity (Wildman–Crippen MR) is 105 cm³/mol. The number of hydrogen-bond acceptors (Lipinski definition) is 5. The van der Waals surface area contributed by atoms with Gasteiger partial charge in [0.1, 0.15) is 6.54 Å². The van der Waals surface area contributed by atoms with Crippen LogP contribution in [0.1, 0.15) is 10.4 Å². The van der Waals surface area contributed by atoms with Gasteiger partial charge in [0.15, 0.2) is 0 Å². The number of halogens is 2. The van der Waals surface area contributed by atoms with E-state index in [0.717, 1.165) is 10.6 Å². The van der Waals surface area contributed by atoms with Crippen LogP contribution in [0, 0.1) is 0 Å².